The van der Waals surface area contributed by atoms with E-state index in [0.717, 1.165) is 5.56 Å². The molecule has 0 aliphatic heterocycles. The Morgan fingerprint density at radius 2 is 2.28 bits per heavy atom. The second-order valence-electron chi connectivity index (χ2n) is 4.03. The summed E-state index contributed by atoms with van der Waals surface area (Å²) in [5.41, 5.74) is 1.10. The Bertz CT molecular complexity index is 549. The third kappa shape index (κ3) is 3.35. The summed E-state index contributed by atoms with van der Waals surface area (Å²) in [5.74, 6) is 0.983. The Labute approximate surface area is 105 Å². The summed E-state index contributed by atoms with van der Waals surface area (Å²) < 4.78 is 7.00. The van der Waals surface area contributed by atoms with Crippen LogP contribution >= 0.6 is 0 Å². The first-order valence-corrected chi connectivity index (χ1v) is 5.62. The zero-order valence-electron chi connectivity index (χ0n) is 10.4. The molecule has 0 fully saturated rings. The molecule has 1 N–H and O–H groups in total. The van der Waals surface area contributed by atoms with E-state index in [1.54, 1.807) is 24.0 Å². The Balaban J connectivity index is 1.85. The van der Waals surface area contributed by atoms with Gasteiger partial charge in [0.25, 0.3) is 5.91 Å². The van der Waals surface area contributed by atoms with Crippen molar-refractivity contribution in [3.8, 4) is 5.75 Å². The Kier molecular flexibility index (Phi) is 3.62. The van der Waals surface area contributed by atoms with Gasteiger partial charge in [-0.05, 0) is 24.6 Å². The van der Waals surface area contributed by atoms with Crippen LogP contribution < -0.4 is 10.1 Å². The number of nitrogens with one attached hydrogen (secondary N) is 1. The number of anilines is 1. The lowest BCUT2D eigenvalue weighted by molar-refractivity contribution is -0.118. The smallest absolute Gasteiger partial charge is 0.263 e. The number of benzene rings is 1. The Morgan fingerprint density at radius 1 is 1.44 bits per heavy atom. The fourth-order valence-corrected chi connectivity index (χ4v) is 1.51. The highest BCUT2D eigenvalue weighted by Gasteiger charge is 2.05. The predicted molar refractivity (Wildman–Crippen MR) is 68.5 cm³/mol. The maximum atomic E-state index is 11.6. The lowest BCUT2D eigenvalue weighted by Gasteiger charge is -2.06. The summed E-state index contributed by atoms with van der Waals surface area (Å²) in [6.45, 7) is 1.95. The molecule has 94 valence electrons. The minimum atomic E-state index is -0.227. The first kappa shape index (κ1) is 12.2. The topological polar surface area (TPSA) is 56.1 Å². The van der Waals surface area contributed by atoms with Gasteiger partial charge in [-0.25, -0.2) is 0 Å². The van der Waals surface area contributed by atoms with E-state index in [-0.39, 0.29) is 12.5 Å². The van der Waals surface area contributed by atoms with Crippen LogP contribution in [-0.4, -0.2) is 22.3 Å². The summed E-state index contributed by atoms with van der Waals surface area (Å²) in [4.78, 5) is 11.6. The zero-order valence-corrected chi connectivity index (χ0v) is 10.4. The van der Waals surface area contributed by atoms with Crippen LogP contribution in [0.25, 0.3) is 0 Å². The molecule has 0 unspecified atom stereocenters. The van der Waals surface area contributed by atoms with Gasteiger partial charge < -0.3 is 10.1 Å². The second-order valence-corrected chi connectivity index (χ2v) is 4.03. The van der Waals surface area contributed by atoms with Crippen molar-refractivity contribution in [1.29, 1.82) is 0 Å². The van der Waals surface area contributed by atoms with Crippen LogP contribution in [0, 0.1) is 6.92 Å². The van der Waals surface area contributed by atoms with Crippen molar-refractivity contribution >= 4 is 11.7 Å². The maximum absolute atomic E-state index is 11.6. The average Bonchev–Trinajstić information content (AvgIpc) is 2.72. The molecular formula is C13H15N3O2. The molecule has 0 saturated carbocycles. The summed E-state index contributed by atoms with van der Waals surface area (Å²) >= 11 is 0. The van der Waals surface area contributed by atoms with Crippen LogP contribution in [0.1, 0.15) is 5.56 Å². The van der Waals surface area contributed by atoms with Crippen molar-refractivity contribution in [2.45, 2.75) is 6.92 Å². The van der Waals surface area contributed by atoms with Crippen LogP contribution in [0.5, 0.6) is 5.75 Å². The third-order valence-electron chi connectivity index (χ3n) is 2.34. The van der Waals surface area contributed by atoms with Crippen LogP contribution in [0.2, 0.25) is 0 Å². The van der Waals surface area contributed by atoms with Crippen molar-refractivity contribution in [1.82, 2.24) is 9.78 Å². The molecule has 0 spiro atoms. The van der Waals surface area contributed by atoms with Gasteiger partial charge in [0.2, 0.25) is 0 Å². The summed E-state index contributed by atoms with van der Waals surface area (Å²) in [6.07, 6.45) is 1.76. The summed E-state index contributed by atoms with van der Waals surface area (Å²) in [6, 6.07) is 9.29. The number of hydrogen-bond acceptors (Lipinski definition) is 3. The van der Waals surface area contributed by atoms with Crippen LogP contribution in [0.15, 0.2) is 36.5 Å². The Morgan fingerprint density at radius 3 is 2.94 bits per heavy atom. The van der Waals surface area contributed by atoms with Crippen molar-refractivity contribution in [3.05, 3.63) is 42.1 Å². The number of ether oxygens (including phenoxy) is 1. The quantitative estimate of drug-likeness (QED) is 0.892. The lowest BCUT2D eigenvalue weighted by Crippen LogP contribution is -2.20. The van der Waals surface area contributed by atoms with Gasteiger partial charge in [-0.1, -0.05) is 12.1 Å². The minimum Gasteiger partial charge on any atom is -0.484 e. The molecule has 18 heavy (non-hydrogen) atoms. The molecule has 0 atom stereocenters. The number of amides is 1. The van der Waals surface area contributed by atoms with Crippen LogP contribution in [0.4, 0.5) is 5.82 Å². The molecule has 1 aromatic heterocycles. The van der Waals surface area contributed by atoms with E-state index in [0.29, 0.717) is 11.6 Å². The highest BCUT2D eigenvalue weighted by molar-refractivity contribution is 5.90. The van der Waals surface area contributed by atoms with Crippen LogP contribution in [0.3, 0.4) is 0 Å². The average molecular weight is 245 g/mol. The molecule has 1 heterocycles. The third-order valence-corrected chi connectivity index (χ3v) is 2.34. The molecule has 1 aromatic carbocycles. The van der Waals surface area contributed by atoms with Gasteiger partial charge in [-0.3, -0.25) is 9.48 Å². The number of aryl methyl sites for hydroxylation is 2. The van der Waals surface area contributed by atoms with Crippen molar-refractivity contribution in [2.75, 3.05) is 11.9 Å². The molecular weight excluding hydrogens is 230 g/mol. The molecule has 5 nitrogen and oxygen atoms in total. The van der Waals surface area contributed by atoms with Gasteiger partial charge in [-0.15, -0.1) is 0 Å². The predicted octanol–water partition coefficient (Wildman–Crippen LogP) is 1.75. The van der Waals surface area contributed by atoms with Gasteiger partial charge in [0.15, 0.2) is 12.4 Å². The van der Waals surface area contributed by atoms with E-state index in [1.807, 2.05) is 31.2 Å². The fraction of sp³-hybridized carbons (Fsp3) is 0.231. The number of hydrogen-bond donors (Lipinski definition) is 1. The second kappa shape index (κ2) is 5.35. The molecule has 2 aromatic rings. The first-order chi connectivity index (χ1) is 8.63. The standard InChI is InChI=1S/C13H15N3O2/c1-10-4-3-5-11(8-10)18-9-13(17)14-12-6-7-16(2)15-12/h3-8H,9H2,1-2H3,(H,14,15,17). The van der Waals surface area contributed by atoms with Gasteiger partial charge in [0, 0.05) is 19.3 Å². The monoisotopic (exact) mass is 245 g/mol. The number of aromatic nitrogens is 2. The van der Waals surface area contributed by atoms with E-state index in [2.05, 4.69) is 10.4 Å². The van der Waals surface area contributed by atoms with Gasteiger partial charge >= 0.3 is 0 Å². The first-order valence-electron chi connectivity index (χ1n) is 5.62. The highest BCUT2D eigenvalue weighted by atomic mass is 16.5. The normalized spacial score (nSPS) is 10.1. The summed E-state index contributed by atoms with van der Waals surface area (Å²) in [5, 5.41) is 6.70. The van der Waals surface area contributed by atoms with Crippen molar-refractivity contribution in [3.63, 3.8) is 0 Å². The van der Waals surface area contributed by atoms with Gasteiger partial charge in [-0.2, -0.15) is 5.10 Å². The van der Waals surface area contributed by atoms with Crippen LogP contribution in [-0.2, 0) is 11.8 Å². The molecule has 0 radical (unpaired) electrons. The van der Waals surface area contributed by atoms with Gasteiger partial charge in [0.05, 0.1) is 0 Å². The number of carbonyl (C=O) groups excluding carboxylic acids is 1. The zero-order chi connectivity index (χ0) is 13.0. The SMILES string of the molecule is Cc1cccc(OCC(=O)Nc2ccn(C)n2)c1. The minimum absolute atomic E-state index is 0.0278. The number of nitrogens with zero attached hydrogens (tertiary/aromatic N) is 2. The van der Waals surface area contributed by atoms with E-state index in [4.69, 9.17) is 4.74 Å². The lowest BCUT2D eigenvalue weighted by atomic mass is 10.2. The highest BCUT2D eigenvalue weighted by Crippen LogP contribution is 2.12. The van der Waals surface area contributed by atoms with E-state index >= 15 is 0 Å². The van der Waals surface area contributed by atoms with Crippen molar-refractivity contribution < 1.29 is 9.53 Å². The maximum Gasteiger partial charge on any atom is 0.263 e. The molecule has 0 bridgehead atoms. The Hall–Kier alpha value is -2.30. The fourth-order valence-electron chi connectivity index (χ4n) is 1.51. The van der Waals surface area contributed by atoms with E-state index in [1.165, 1.54) is 0 Å². The largest absolute Gasteiger partial charge is 0.484 e. The van der Waals surface area contributed by atoms with E-state index in [9.17, 15) is 4.79 Å². The molecule has 1 amide bonds. The molecule has 0 aliphatic carbocycles. The molecule has 2 rings (SSSR count). The van der Waals surface area contributed by atoms with Gasteiger partial charge in [0.1, 0.15) is 5.75 Å². The molecule has 5 heteroatoms. The molecule has 0 aliphatic rings. The summed E-state index contributed by atoms with van der Waals surface area (Å²) in [7, 11) is 1.79. The van der Waals surface area contributed by atoms with Crippen molar-refractivity contribution in [2.24, 2.45) is 7.05 Å². The molecule has 0 saturated heterocycles. The number of rotatable bonds is 4. The number of carbonyl (C=O) groups is 1. The van der Waals surface area contributed by atoms with E-state index < -0.39 is 0 Å².